The molecule has 2 fully saturated rings. The van der Waals surface area contributed by atoms with Crippen LogP contribution in [0.2, 0.25) is 0 Å². The number of methoxy groups -OCH3 is 2. The van der Waals surface area contributed by atoms with Crippen molar-refractivity contribution < 1.29 is 27.7 Å². The third-order valence-electron chi connectivity index (χ3n) is 5.77. The van der Waals surface area contributed by atoms with Crippen LogP contribution in [0.4, 0.5) is 0 Å². The minimum Gasteiger partial charge on any atom is -0.495 e. The summed E-state index contributed by atoms with van der Waals surface area (Å²) in [6.07, 6.45) is 4.03. The van der Waals surface area contributed by atoms with Gasteiger partial charge in [-0.2, -0.15) is 0 Å². The van der Waals surface area contributed by atoms with Crippen LogP contribution in [0, 0.1) is 5.41 Å². The first-order valence-electron chi connectivity index (χ1n) is 9.36. The number of sulfonamides is 1. The molecule has 1 heterocycles. The number of aliphatic hydroxyl groups excluding tert-OH is 1. The first kappa shape index (κ1) is 20.5. The highest BCUT2D eigenvalue weighted by Crippen LogP contribution is 2.46. The Kier molecular flexibility index (Phi) is 6.43. The molecule has 2 N–H and O–H groups in total. The first-order chi connectivity index (χ1) is 13.0. The van der Waals surface area contributed by atoms with E-state index >= 15 is 0 Å². The van der Waals surface area contributed by atoms with Gasteiger partial charge in [-0.15, -0.1) is 0 Å². The molecule has 8 heteroatoms. The molecule has 1 saturated carbocycles. The fourth-order valence-electron chi connectivity index (χ4n) is 4.08. The predicted octanol–water partition coefficient (Wildman–Crippen LogP) is 1.83. The van der Waals surface area contributed by atoms with E-state index in [1.807, 2.05) is 0 Å². The molecular formula is C19H29NO6S. The van der Waals surface area contributed by atoms with Crippen LogP contribution < -0.4 is 9.46 Å². The highest BCUT2D eigenvalue weighted by atomic mass is 32.2. The van der Waals surface area contributed by atoms with Crippen LogP contribution in [0.15, 0.2) is 23.1 Å². The van der Waals surface area contributed by atoms with Gasteiger partial charge in [-0.25, -0.2) is 13.1 Å². The van der Waals surface area contributed by atoms with Crippen molar-refractivity contribution in [3.05, 3.63) is 23.8 Å². The molecule has 0 aromatic heterocycles. The third-order valence-corrected chi connectivity index (χ3v) is 7.23. The van der Waals surface area contributed by atoms with Gasteiger partial charge in [0.05, 0.1) is 32.5 Å². The second-order valence-corrected chi connectivity index (χ2v) is 9.13. The van der Waals surface area contributed by atoms with Gasteiger partial charge in [0.15, 0.2) is 0 Å². The van der Waals surface area contributed by atoms with E-state index in [1.54, 1.807) is 25.3 Å². The summed E-state index contributed by atoms with van der Waals surface area (Å²) in [5.74, 6) is 0.278. The van der Waals surface area contributed by atoms with Crippen molar-refractivity contribution in [1.82, 2.24) is 4.72 Å². The van der Waals surface area contributed by atoms with E-state index in [4.69, 9.17) is 14.2 Å². The van der Waals surface area contributed by atoms with Crippen LogP contribution in [0.5, 0.6) is 5.75 Å². The quantitative estimate of drug-likeness (QED) is 0.658. The van der Waals surface area contributed by atoms with E-state index in [9.17, 15) is 13.5 Å². The zero-order chi connectivity index (χ0) is 19.5. The summed E-state index contributed by atoms with van der Waals surface area (Å²) in [7, 11) is -0.863. The minimum atomic E-state index is -3.87. The lowest BCUT2D eigenvalue weighted by Crippen LogP contribution is -2.58. The summed E-state index contributed by atoms with van der Waals surface area (Å²) in [6.45, 7) is 0.875. The topological polar surface area (TPSA) is 94.1 Å². The van der Waals surface area contributed by atoms with Crippen molar-refractivity contribution in [2.75, 3.05) is 27.4 Å². The molecule has 0 spiro atoms. The van der Waals surface area contributed by atoms with Crippen LogP contribution in [0.1, 0.15) is 37.7 Å². The molecule has 2 aliphatic rings. The molecule has 0 bridgehead atoms. The fraction of sp³-hybridized carbons (Fsp3) is 0.684. The summed E-state index contributed by atoms with van der Waals surface area (Å²) in [4.78, 5) is 0.0787. The number of hydrogen-bond acceptors (Lipinski definition) is 6. The van der Waals surface area contributed by atoms with Gasteiger partial charge in [0, 0.05) is 19.1 Å². The van der Waals surface area contributed by atoms with Gasteiger partial charge in [0.1, 0.15) is 10.6 Å². The van der Waals surface area contributed by atoms with Gasteiger partial charge in [-0.1, -0.05) is 12.5 Å². The molecule has 2 unspecified atom stereocenters. The second-order valence-electron chi connectivity index (χ2n) is 7.44. The van der Waals surface area contributed by atoms with Crippen molar-refractivity contribution in [1.29, 1.82) is 0 Å². The van der Waals surface area contributed by atoms with Crippen molar-refractivity contribution in [3.63, 3.8) is 0 Å². The second kappa shape index (κ2) is 8.45. The molecular weight excluding hydrogens is 370 g/mol. The average molecular weight is 400 g/mol. The molecule has 7 nitrogen and oxygen atoms in total. The molecule has 0 radical (unpaired) electrons. The van der Waals surface area contributed by atoms with Crippen molar-refractivity contribution in [2.45, 2.75) is 55.8 Å². The Morgan fingerprint density at radius 2 is 2.11 bits per heavy atom. The number of aliphatic hydroxyl groups is 1. The maximum Gasteiger partial charge on any atom is 0.244 e. The summed E-state index contributed by atoms with van der Waals surface area (Å²) in [5, 5.41) is 10.0. The van der Waals surface area contributed by atoms with Crippen molar-refractivity contribution in [3.8, 4) is 5.75 Å². The Morgan fingerprint density at radius 3 is 2.63 bits per heavy atom. The number of rotatable bonds is 9. The molecule has 1 aliphatic carbocycles. The molecule has 1 aliphatic heterocycles. The predicted molar refractivity (Wildman–Crippen MR) is 100 cm³/mol. The van der Waals surface area contributed by atoms with E-state index in [2.05, 4.69) is 4.72 Å². The van der Waals surface area contributed by atoms with Crippen LogP contribution >= 0.6 is 0 Å². The summed E-state index contributed by atoms with van der Waals surface area (Å²) >= 11 is 0. The molecule has 152 valence electrons. The average Bonchev–Trinajstić information content (AvgIpc) is 3.15. The first-order valence-corrected chi connectivity index (χ1v) is 10.8. The van der Waals surface area contributed by atoms with E-state index in [0.717, 1.165) is 37.7 Å². The number of hydrogen-bond donors (Lipinski definition) is 2. The molecule has 1 aromatic carbocycles. The van der Waals surface area contributed by atoms with Gasteiger partial charge >= 0.3 is 0 Å². The normalized spacial score (nSPS) is 23.0. The Morgan fingerprint density at radius 1 is 1.33 bits per heavy atom. The van der Waals surface area contributed by atoms with Gasteiger partial charge in [0.25, 0.3) is 0 Å². The van der Waals surface area contributed by atoms with E-state index < -0.39 is 21.5 Å². The minimum absolute atomic E-state index is 0.0547. The third kappa shape index (κ3) is 4.14. The Hall–Kier alpha value is -1.19. The molecule has 1 saturated heterocycles. The van der Waals surface area contributed by atoms with E-state index in [-0.39, 0.29) is 23.4 Å². The van der Waals surface area contributed by atoms with Crippen LogP contribution in [-0.4, -0.2) is 53.1 Å². The summed E-state index contributed by atoms with van der Waals surface area (Å²) in [6, 6.07) is 4.53. The SMILES string of the molecule is COCc1ccc(OC)c(S(=O)(=O)NC(C2CCCO2)C2(CO)CCC2)c1. The van der Waals surface area contributed by atoms with Gasteiger partial charge in [-0.3, -0.25) is 0 Å². The number of benzene rings is 1. The van der Waals surface area contributed by atoms with E-state index in [0.29, 0.717) is 13.2 Å². The fourth-order valence-corrected chi connectivity index (χ4v) is 5.66. The number of nitrogens with one attached hydrogen (secondary N) is 1. The van der Waals surface area contributed by atoms with Crippen LogP contribution in [0.25, 0.3) is 0 Å². The van der Waals surface area contributed by atoms with Crippen LogP contribution in [0.3, 0.4) is 0 Å². The standard InChI is InChI=1S/C19H29NO6S/c1-24-12-14-6-7-15(25-2)17(11-14)27(22,23)20-18(16-5-3-10-26-16)19(13-21)8-4-9-19/h6-7,11,16,18,20-21H,3-5,8-10,12-13H2,1-2H3. The molecule has 2 atom stereocenters. The summed E-state index contributed by atoms with van der Waals surface area (Å²) in [5.41, 5.74) is 0.285. The Bertz CT molecular complexity index is 735. The Balaban J connectivity index is 1.94. The van der Waals surface area contributed by atoms with Gasteiger partial charge in [-0.05, 0) is 43.4 Å². The zero-order valence-corrected chi connectivity index (χ0v) is 16.8. The largest absolute Gasteiger partial charge is 0.495 e. The Labute approximate surface area is 161 Å². The molecule has 27 heavy (non-hydrogen) atoms. The maximum atomic E-state index is 13.3. The highest BCUT2D eigenvalue weighted by molar-refractivity contribution is 7.89. The molecule has 3 rings (SSSR count). The highest BCUT2D eigenvalue weighted by Gasteiger charge is 2.49. The van der Waals surface area contributed by atoms with E-state index in [1.165, 1.54) is 7.11 Å². The van der Waals surface area contributed by atoms with Crippen molar-refractivity contribution in [2.24, 2.45) is 5.41 Å². The lowest BCUT2D eigenvalue weighted by atomic mass is 9.63. The lowest BCUT2D eigenvalue weighted by Gasteiger charge is -2.48. The van der Waals surface area contributed by atoms with Gasteiger partial charge in [0.2, 0.25) is 10.0 Å². The molecule has 1 aromatic rings. The molecule has 0 amide bonds. The maximum absolute atomic E-state index is 13.3. The lowest BCUT2D eigenvalue weighted by molar-refractivity contribution is -0.0429. The monoisotopic (exact) mass is 399 g/mol. The van der Waals surface area contributed by atoms with Crippen LogP contribution in [-0.2, 0) is 26.1 Å². The number of ether oxygens (including phenoxy) is 3. The van der Waals surface area contributed by atoms with Crippen molar-refractivity contribution >= 4 is 10.0 Å². The smallest absolute Gasteiger partial charge is 0.244 e. The summed E-state index contributed by atoms with van der Waals surface area (Å²) < 4.78 is 45.6. The van der Waals surface area contributed by atoms with Gasteiger partial charge < -0.3 is 19.3 Å². The zero-order valence-electron chi connectivity index (χ0n) is 15.9.